The molecule has 0 saturated carbocycles. The number of H-pyrrole nitrogens is 1. The summed E-state index contributed by atoms with van der Waals surface area (Å²) < 4.78 is 23.6. The Balaban J connectivity index is 1.87. The summed E-state index contributed by atoms with van der Waals surface area (Å²) in [6.45, 7) is 9.21. The van der Waals surface area contributed by atoms with E-state index >= 15 is 0 Å². The monoisotopic (exact) mass is 510 g/mol. The van der Waals surface area contributed by atoms with Crippen LogP contribution in [0, 0.1) is 5.92 Å². The number of benzene rings is 2. The number of unbranched alkanes of at least 4 members (excludes halogenated alkanes) is 1. The number of carbonyl (C=O) groups excluding carboxylic acids is 1. The number of Topliss-reactive ketones (excluding diaryl/α,β-unsaturated/α-hetero) is 1. The summed E-state index contributed by atoms with van der Waals surface area (Å²) in [6.07, 6.45) is 5.81. The molecule has 2 atom stereocenters. The van der Waals surface area contributed by atoms with Gasteiger partial charge in [-0.15, -0.1) is 0 Å². The van der Waals surface area contributed by atoms with Crippen molar-refractivity contribution in [2.75, 3.05) is 13.9 Å². The Kier molecular flexibility index (Phi) is 10.1. The summed E-state index contributed by atoms with van der Waals surface area (Å²) in [5.41, 5.74) is 1.35. The van der Waals surface area contributed by atoms with Gasteiger partial charge in [-0.05, 0) is 24.1 Å². The molecule has 0 amide bonds. The highest BCUT2D eigenvalue weighted by Crippen LogP contribution is 2.33. The smallest absolute Gasteiger partial charge is 0.213 e. The SMILES string of the molecule is CCCCC(C(=O)c1ccc(OC)cc1OCc1ccccc1)C(OCOc1cnc[nH]1)[Si](C)(C)C. The number of hydrogen-bond donors (Lipinski definition) is 1. The number of methoxy groups -OCH3 is 1. The average Bonchev–Trinajstić information content (AvgIpc) is 3.39. The second kappa shape index (κ2) is 13.3. The van der Waals surface area contributed by atoms with E-state index < -0.39 is 8.07 Å². The van der Waals surface area contributed by atoms with Crippen molar-refractivity contribution in [2.24, 2.45) is 5.92 Å². The first-order chi connectivity index (χ1) is 17.3. The predicted octanol–water partition coefficient (Wildman–Crippen LogP) is 6.29. The van der Waals surface area contributed by atoms with Gasteiger partial charge in [-0.2, -0.15) is 0 Å². The number of aromatic amines is 1. The quantitative estimate of drug-likeness (QED) is 0.147. The minimum absolute atomic E-state index is 0.0307. The molecule has 0 aliphatic heterocycles. The third-order valence-corrected chi connectivity index (χ3v) is 8.33. The third-order valence-electron chi connectivity index (χ3n) is 6.05. The maximum Gasteiger partial charge on any atom is 0.213 e. The molecule has 7 nitrogen and oxygen atoms in total. The van der Waals surface area contributed by atoms with Gasteiger partial charge < -0.3 is 23.9 Å². The molecule has 3 rings (SSSR count). The molecule has 1 heterocycles. The fourth-order valence-electron chi connectivity index (χ4n) is 4.19. The van der Waals surface area contributed by atoms with Crippen LogP contribution in [-0.4, -0.2) is 43.5 Å². The van der Waals surface area contributed by atoms with Gasteiger partial charge in [0.15, 0.2) is 12.6 Å². The highest BCUT2D eigenvalue weighted by molar-refractivity contribution is 6.77. The van der Waals surface area contributed by atoms with Crippen molar-refractivity contribution in [3.05, 3.63) is 72.2 Å². The van der Waals surface area contributed by atoms with Gasteiger partial charge in [-0.1, -0.05) is 69.7 Å². The Morgan fingerprint density at radius 1 is 1.08 bits per heavy atom. The zero-order chi connectivity index (χ0) is 26.0. The van der Waals surface area contributed by atoms with Crippen molar-refractivity contribution >= 4 is 13.9 Å². The van der Waals surface area contributed by atoms with E-state index in [1.54, 1.807) is 25.7 Å². The van der Waals surface area contributed by atoms with Gasteiger partial charge in [-0.3, -0.25) is 4.79 Å². The lowest BCUT2D eigenvalue weighted by Crippen LogP contribution is -2.49. The van der Waals surface area contributed by atoms with Crippen LogP contribution in [0.2, 0.25) is 19.6 Å². The lowest BCUT2D eigenvalue weighted by atomic mass is 9.92. The zero-order valence-electron chi connectivity index (χ0n) is 22.0. The van der Waals surface area contributed by atoms with E-state index in [9.17, 15) is 4.79 Å². The lowest BCUT2D eigenvalue weighted by molar-refractivity contribution is -0.0276. The molecule has 2 aromatic carbocycles. The maximum absolute atomic E-state index is 14.1. The molecule has 3 aromatic rings. The van der Waals surface area contributed by atoms with Gasteiger partial charge in [-0.25, -0.2) is 4.98 Å². The Hall–Kier alpha value is -3.10. The zero-order valence-corrected chi connectivity index (χ0v) is 23.0. The fraction of sp³-hybridized carbons (Fsp3) is 0.429. The Labute approximate surface area is 215 Å². The highest BCUT2D eigenvalue weighted by atomic mass is 28.3. The van der Waals surface area contributed by atoms with Crippen molar-refractivity contribution in [1.29, 1.82) is 0 Å². The van der Waals surface area contributed by atoms with Crippen molar-refractivity contribution in [1.82, 2.24) is 9.97 Å². The van der Waals surface area contributed by atoms with Crippen LogP contribution >= 0.6 is 0 Å². The van der Waals surface area contributed by atoms with E-state index in [1.165, 1.54) is 0 Å². The fourth-order valence-corrected chi connectivity index (χ4v) is 6.29. The Morgan fingerprint density at radius 3 is 2.50 bits per heavy atom. The number of rotatable bonds is 15. The van der Waals surface area contributed by atoms with Gasteiger partial charge in [0, 0.05) is 12.0 Å². The van der Waals surface area contributed by atoms with E-state index in [1.807, 2.05) is 42.5 Å². The number of nitrogens with one attached hydrogen (secondary N) is 1. The van der Waals surface area contributed by atoms with Crippen LogP contribution in [0.15, 0.2) is 61.1 Å². The Bertz CT molecular complexity index is 1070. The lowest BCUT2D eigenvalue weighted by Gasteiger charge is -2.35. The molecule has 8 heteroatoms. The molecule has 1 aromatic heterocycles. The van der Waals surface area contributed by atoms with Crippen LogP contribution in [0.5, 0.6) is 17.4 Å². The first-order valence-electron chi connectivity index (χ1n) is 12.4. The molecule has 0 bridgehead atoms. The first-order valence-corrected chi connectivity index (χ1v) is 16.0. The van der Waals surface area contributed by atoms with Crippen LogP contribution in [0.3, 0.4) is 0 Å². The van der Waals surface area contributed by atoms with E-state index in [-0.39, 0.29) is 24.2 Å². The second-order valence-electron chi connectivity index (χ2n) is 9.88. The maximum atomic E-state index is 14.1. The standard InChI is InChI=1S/C28H38N2O5Si/c1-6-7-13-24(28(36(3,4)5)35-20-34-26-17-29-19-30-26)27(31)23-15-14-22(32-2)16-25(23)33-18-21-11-9-8-10-12-21/h8-12,14-17,19,24,28H,6-7,13,18,20H2,1-5H3,(H,29,30). The second-order valence-corrected chi connectivity index (χ2v) is 15.2. The molecule has 0 fully saturated rings. The Morgan fingerprint density at radius 2 is 1.86 bits per heavy atom. The normalized spacial score (nSPS) is 13.1. The number of nitrogens with zero attached hydrogens (tertiary/aromatic N) is 1. The number of carbonyl (C=O) groups is 1. The molecule has 0 spiro atoms. The van der Waals surface area contributed by atoms with Crippen molar-refractivity contribution in [3.8, 4) is 17.4 Å². The van der Waals surface area contributed by atoms with Crippen molar-refractivity contribution in [3.63, 3.8) is 0 Å². The predicted molar refractivity (Wildman–Crippen MR) is 143 cm³/mol. The molecule has 2 unspecified atom stereocenters. The van der Waals surface area contributed by atoms with Gasteiger partial charge in [0.05, 0.1) is 39.0 Å². The molecular formula is C28H38N2O5Si. The summed E-state index contributed by atoms with van der Waals surface area (Å²) in [7, 11) is -0.330. The van der Waals surface area contributed by atoms with E-state index in [4.69, 9.17) is 18.9 Å². The van der Waals surface area contributed by atoms with Crippen LogP contribution in [0.1, 0.15) is 42.1 Å². The number of ether oxygens (including phenoxy) is 4. The largest absolute Gasteiger partial charge is 0.497 e. The molecule has 0 aliphatic rings. The molecule has 0 radical (unpaired) electrons. The number of imidazole rings is 1. The van der Waals surface area contributed by atoms with Gasteiger partial charge in [0.2, 0.25) is 5.88 Å². The molecule has 36 heavy (non-hydrogen) atoms. The van der Waals surface area contributed by atoms with Gasteiger partial charge in [0.1, 0.15) is 18.1 Å². The van der Waals surface area contributed by atoms with Crippen molar-refractivity contribution < 1.29 is 23.7 Å². The summed E-state index contributed by atoms with van der Waals surface area (Å²) in [4.78, 5) is 21.0. The van der Waals surface area contributed by atoms with E-state index in [0.717, 1.165) is 24.8 Å². The van der Waals surface area contributed by atoms with Crippen LogP contribution in [-0.2, 0) is 11.3 Å². The summed E-state index contributed by atoms with van der Waals surface area (Å²) >= 11 is 0. The molecule has 0 aliphatic carbocycles. The molecule has 0 saturated heterocycles. The molecular weight excluding hydrogens is 472 g/mol. The van der Waals surface area contributed by atoms with Gasteiger partial charge >= 0.3 is 0 Å². The highest BCUT2D eigenvalue weighted by Gasteiger charge is 2.39. The van der Waals surface area contributed by atoms with E-state index in [2.05, 4.69) is 36.5 Å². The first kappa shape index (κ1) is 27.5. The summed E-state index contributed by atoms with van der Waals surface area (Å²) in [6, 6.07) is 15.3. The number of hydrogen-bond acceptors (Lipinski definition) is 6. The molecule has 1 N–H and O–H groups in total. The number of aromatic nitrogens is 2. The summed E-state index contributed by atoms with van der Waals surface area (Å²) in [5.74, 6) is 1.42. The number of ketones is 1. The van der Waals surface area contributed by atoms with Crippen LogP contribution < -0.4 is 14.2 Å². The minimum atomic E-state index is -1.94. The topological polar surface area (TPSA) is 82.7 Å². The molecule has 194 valence electrons. The average molecular weight is 511 g/mol. The van der Waals surface area contributed by atoms with Gasteiger partial charge in [0.25, 0.3) is 0 Å². The van der Waals surface area contributed by atoms with E-state index in [0.29, 0.717) is 29.5 Å². The minimum Gasteiger partial charge on any atom is -0.497 e. The van der Waals surface area contributed by atoms with Crippen LogP contribution in [0.4, 0.5) is 0 Å². The summed E-state index contributed by atoms with van der Waals surface area (Å²) in [5, 5.41) is 0. The van der Waals surface area contributed by atoms with Crippen LogP contribution in [0.25, 0.3) is 0 Å². The van der Waals surface area contributed by atoms with Crippen molar-refractivity contribution in [2.45, 2.75) is 58.2 Å². The third kappa shape index (κ3) is 7.70.